The Hall–Kier alpha value is -3.52. The predicted octanol–water partition coefficient (Wildman–Crippen LogP) is 3.70. The zero-order valence-electron chi connectivity index (χ0n) is 19.9. The zero-order chi connectivity index (χ0) is 23.7. The molecule has 34 heavy (non-hydrogen) atoms. The fourth-order valence-corrected chi connectivity index (χ4v) is 4.74. The van der Waals surface area contributed by atoms with Gasteiger partial charge in [0.2, 0.25) is 0 Å². The summed E-state index contributed by atoms with van der Waals surface area (Å²) < 4.78 is 7.08. The first kappa shape index (κ1) is 22.3. The molecule has 2 aromatic carbocycles. The molecule has 0 amide bonds. The molecule has 1 aliphatic rings. The van der Waals surface area contributed by atoms with Gasteiger partial charge in [0.1, 0.15) is 11.8 Å². The number of nitrogens with one attached hydrogen (secondary N) is 1. The number of likely N-dealkylation sites (tertiary alicyclic amines) is 1. The molecule has 176 valence electrons. The van der Waals surface area contributed by atoms with Crippen LogP contribution in [0.15, 0.2) is 53.3 Å². The van der Waals surface area contributed by atoms with Gasteiger partial charge >= 0.3 is 0 Å². The van der Waals surface area contributed by atoms with Crippen LogP contribution in [0.1, 0.15) is 48.3 Å². The quantitative estimate of drug-likeness (QED) is 0.474. The van der Waals surface area contributed by atoms with E-state index < -0.39 is 0 Å². The van der Waals surface area contributed by atoms with Crippen LogP contribution in [0.5, 0.6) is 5.75 Å². The van der Waals surface area contributed by atoms with Crippen LogP contribution in [0.4, 0.5) is 0 Å². The molecule has 1 aliphatic heterocycles. The SMILES string of the molecule is COc1ccc(Cn2nnnc2[C@H](c2cc3ccc(C)cc3[nH]c2=O)N2CCC(C)CC2)cc1. The molecule has 0 radical (unpaired) electrons. The van der Waals surface area contributed by atoms with E-state index in [-0.39, 0.29) is 11.6 Å². The second-order valence-corrected chi connectivity index (χ2v) is 9.31. The first-order valence-electron chi connectivity index (χ1n) is 11.8. The number of nitrogens with zero attached hydrogens (tertiary/aromatic N) is 5. The van der Waals surface area contributed by atoms with Crippen molar-refractivity contribution >= 4 is 10.9 Å². The summed E-state index contributed by atoms with van der Waals surface area (Å²) in [5.74, 6) is 2.16. The van der Waals surface area contributed by atoms with E-state index in [1.165, 1.54) is 0 Å². The Bertz CT molecular complexity index is 1340. The van der Waals surface area contributed by atoms with Gasteiger partial charge in [-0.2, -0.15) is 0 Å². The van der Waals surface area contributed by atoms with Gasteiger partial charge in [-0.05, 0) is 90.0 Å². The first-order valence-corrected chi connectivity index (χ1v) is 11.8. The van der Waals surface area contributed by atoms with Gasteiger partial charge in [-0.1, -0.05) is 31.2 Å². The summed E-state index contributed by atoms with van der Waals surface area (Å²) >= 11 is 0. The number of piperidine rings is 1. The van der Waals surface area contributed by atoms with Crippen LogP contribution in [0, 0.1) is 12.8 Å². The minimum absolute atomic E-state index is 0.0966. The number of H-pyrrole nitrogens is 1. The highest BCUT2D eigenvalue weighted by molar-refractivity contribution is 5.79. The number of hydrogen-bond donors (Lipinski definition) is 1. The molecular formula is C26H30N6O2. The van der Waals surface area contributed by atoms with Gasteiger partial charge in [-0.25, -0.2) is 4.68 Å². The molecular weight excluding hydrogens is 428 g/mol. The molecule has 1 fully saturated rings. The maximum absolute atomic E-state index is 13.4. The number of ether oxygens (including phenoxy) is 1. The van der Waals surface area contributed by atoms with E-state index in [2.05, 4.69) is 44.5 Å². The Balaban J connectivity index is 1.57. The van der Waals surface area contributed by atoms with Crippen LogP contribution < -0.4 is 10.3 Å². The monoisotopic (exact) mass is 458 g/mol. The second kappa shape index (κ2) is 9.38. The summed E-state index contributed by atoms with van der Waals surface area (Å²) in [6, 6.07) is 15.7. The number of tetrazole rings is 1. The molecule has 0 bridgehead atoms. The van der Waals surface area contributed by atoms with Crippen LogP contribution in [0.3, 0.4) is 0 Å². The zero-order valence-corrected chi connectivity index (χ0v) is 19.9. The van der Waals surface area contributed by atoms with Crippen molar-refractivity contribution in [3.63, 3.8) is 0 Å². The lowest BCUT2D eigenvalue weighted by Crippen LogP contribution is -2.40. The van der Waals surface area contributed by atoms with Crippen LogP contribution in [-0.2, 0) is 6.54 Å². The van der Waals surface area contributed by atoms with Gasteiger partial charge < -0.3 is 9.72 Å². The Morgan fingerprint density at radius 3 is 2.62 bits per heavy atom. The van der Waals surface area contributed by atoms with Crippen molar-refractivity contribution in [1.82, 2.24) is 30.1 Å². The van der Waals surface area contributed by atoms with E-state index in [1.54, 1.807) is 7.11 Å². The molecule has 8 nitrogen and oxygen atoms in total. The van der Waals surface area contributed by atoms with E-state index in [0.717, 1.165) is 53.7 Å². The highest BCUT2D eigenvalue weighted by Gasteiger charge is 2.32. The number of aryl methyl sites for hydroxylation is 1. The van der Waals surface area contributed by atoms with Gasteiger partial charge in [0.15, 0.2) is 5.82 Å². The third kappa shape index (κ3) is 4.46. The Kier molecular flexibility index (Phi) is 6.15. The lowest BCUT2D eigenvalue weighted by atomic mass is 9.95. The lowest BCUT2D eigenvalue weighted by Gasteiger charge is -2.35. The van der Waals surface area contributed by atoms with Gasteiger partial charge in [0, 0.05) is 11.1 Å². The molecule has 1 N–H and O–H groups in total. The van der Waals surface area contributed by atoms with Crippen LogP contribution in [0.25, 0.3) is 10.9 Å². The van der Waals surface area contributed by atoms with Crippen molar-refractivity contribution in [1.29, 1.82) is 0 Å². The van der Waals surface area contributed by atoms with Gasteiger partial charge in [-0.15, -0.1) is 5.10 Å². The van der Waals surface area contributed by atoms with Crippen molar-refractivity contribution in [2.45, 2.75) is 39.3 Å². The summed E-state index contributed by atoms with van der Waals surface area (Å²) in [5.41, 5.74) is 3.60. The van der Waals surface area contributed by atoms with E-state index in [9.17, 15) is 4.79 Å². The second-order valence-electron chi connectivity index (χ2n) is 9.31. The predicted molar refractivity (Wildman–Crippen MR) is 131 cm³/mol. The minimum Gasteiger partial charge on any atom is -0.497 e. The highest BCUT2D eigenvalue weighted by atomic mass is 16.5. The third-order valence-corrected chi connectivity index (χ3v) is 6.80. The summed E-state index contributed by atoms with van der Waals surface area (Å²) in [4.78, 5) is 18.8. The van der Waals surface area contributed by atoms with Gasteiger partial charge in [0.25, 0.3) is 5.56 Å². The maximum Gasteiger partial charge on any atom is 0.253 e. The third-order valence-electron chi connectivity index (χ3n) is 6.80. The topological polar surface area (TPSA) is 88.9 Å². The molecule has 4 aromatic rings. The molecule has 0 aliphatic carbocycles. The average Bonchev–Trinajstić information content (AvgIpc) is 3.29. The highest BCUT2D eigenvalue weighted by Crippen LogP contribution is 2.31. The van der Waals surface area contributed by atoms with Crippen LogP contribution in [-0.4, -0.2) is 50.3 Å². The summed E-state index contributed by atoms with van der Waals surface area (Å²) in [6.45, 7) is 6.61. The van der Waals surface area contributed by atoms with E-state index in [4.69, 9.17) is 4.74 Å². The van der Waals surface area contributed by atoms with Crippen molar-refractivity contribution in [3.05, 3.63) is 81.4 Å². The Morgan fingerprint density at radius 1 is 1.12 bits per heavy atom. The largest absolute Gasteiger partial charge is 0.497 e. The van der Waals surface area contributed by atoms with Crippen molar-refractivity contribution < 1.29 is 4.74 Å². The average molecular weight is 459 g/mol. The fraction of sp³-hybridized carbons (Fsp3) is 0.385. The summed E-state index contributed by atoms with van der Waals surface area (Å²) in [7, 11) is 1.65. The van der Waals surface area contributed by atoms with Crippen LogP contribution >= 0.6 is 0 Å². The number of fused-ring (bicyclic) bond motifs is 1. The molecule has 3 heterocycles. The number of pyridine rings is 1. The van der Waals surface area contributed by atoms with Crippen molar-refractivity contribution in [2.24, 2.45) is 5.92 Å². The number of hydrogen-bond acceptors (Lipinski definition) is 6. The van der Waals surface area contributed by atoms with Crippen molar-refractivity contribution in [3.8, 4) is 5.75 Å². The van der Waals surface area contributed by atoms with Crippen LogP contribution in [0.2, 0.25) is 0 Å². The first-order chi connectivity index (χ1) is 16.5. The Labute approximate surface area is 198 Å². The number of methoxy groups -OCH3 is 1. The standard InChI is InChI=1S/C26H30N6O2/c1-17-10-12-31(13-11-17)24(22-15-20-7-4-18(2)14-23(20)27-26(22)33)25-28-29-30-32(25)16-19-5-8-21(34-3)9-6-19/h4-9,14-15,17,24H,10-13,16H2,1-3H3,(H,27,33)/t24-/m0/s1. The molecule has 0 saturated carbocycles. The number of benzene rings is 2. The maximum atomic E-state index is 13.4. The molecule has 1 saturated heterocycles. The summed E-state index contributed by atoms with van der Waals surface area (Å²) in [6.07, 6.45) is 2.17. The normalized spacial score (nSPS) is 16.1. The van der Waals surface area contributed by atoms with Gasteiger partial charge in [-0.3, -0.25) is 9.69 Å². The molecule has 8 heteroatoms. The Morgan fingerprint density at radius 2 is 1.88 bits per heavy atom. The molecule has 0 spiro atoms. The molecule has 1 atom stereocenters. The van der Waals surface area contributed by atoms with Gasteiger partial charge in [0.05, 0.1) is 13.7 Å². The number of rotatable bonds is 6. The van der Waals surface area contributed by atoms with E-state index in [0.29, 0.717) is 23.9 Å². The van der Waals surface area contributed by atoms with Crippen molar-refractivity contribution in [2.75, 3.05) is 20.2 Å². The number of aromatic nitrogens is 5. The lowest BCUT2D eigenvalue weighted by molar-refractivity contribution is 0.149. The molecule has 5 rings (SSSR count). The van der Waals surface area contributed by atoms with E-state index in [1.807, 2.05) is 48.0 Å². The minimum atomic E-state index is -0.324. The molecule has 2 aromatic heterocycles. The molecule has 0 unspecified atom stereocenters. The fourth-order valence-electron chi connectivity index (χ4n) is 4.74. The number of aromatic amines is 1. The van der Waals surface area contributed by atoms with E-state index >= 15 is 0 Å². The smallest absolute Gasteiger partial charge is 0.253 e. The summed E-state index contributed by atoms with van der Waals surface area (Å²) in [5, 5.41) is 13.7.